The molecule has 0 radical (unpaired) electrons. The van der Waals surface area contributed by atoms with Gasteiger partial charge in [0, 0.05) is 5.02 Å². The first-order chi connectivity index (χ1) is 9.00. The third-order valence-corrected chi connectivity index (χ3v) is 3.84. The zero-order valence-electron chi connectivity index (χ0n) is 9.97. The van der Waals surface area contributed by atoms with Crippen molar-refractivity contribution in [2.24, 2.45) is 0 Å². The Morgan fingerprint density at radius 3 is 2.37 bits per heavy atom. The lowest BCUT2D eigenvalue weighted by molar-refractivity contribution is 0.537. The van der Waals surface area contributed by atoms with Crippen molar-refractivity contribution in [1.29, 1.82) is 0 Å². The lowest BCUT2D eigenvalue weighted by Crippen LogP contribution is -2.20. The second kappa shape index (κ2) is 5.92. The van der Waals surface area contributed by atoms with Crippen LogP contribution in [-0.4, -0.2) is 8.76 Å². The van der Waals surface area contributed by atoms with E-state index in [9.17, 15) is 8.76 Å². The van der Waals surface area contributed by atoms with Crippen LogP contribution in [0.25, 0.3) is 0 Å². The third kappa shape index (κ3) is 3.09. The molecule has 0 aromatic heterocycles. The van der Waals surface area contributed by atoms with Gasteiger partial charge in [-0.2, -0.15) is 0 Å². The fraction of sp³-hybridized carbons (Fsp3) is 0.0769. The van der Waals surface area contributed by atoms with Crippen molar-refractivity contribution in [3.05, 3.63) is 58.1 Å². The molecule has 2 aromatic carbocycles. The molecule has 0 saturated heterocycles. The van der Waals surface area contributed by atoms with Crippen molar-refractivity contribution in [2.75, 3.05) is 4.31 Å². The minimum absolute atomic E-state index is 0.278. The van der Waals surface area contributed by atoms with Crippen LogP contribution < -0.4 is 4.31 Å². The van der Waals surface area contributed by atoms with E-state index in [0.717, 1.165) is 9.87 Å². The van der Waals surface area contributed by atoms with Crippen LogP contribution in [0.2, 0.25) is 10.0 Å². The Morgan fingerprint density at radius 2 is 1.79 bits per heavy atom. The first-order valence-electron chi connectivity index (χ1n) is 5.41. The fourth-order valence-corrected chi connectivity index (χ4v) is 2.96. The summed E-state index contributed by atoms with van der Waals surface area (Å²) in [6.45, 7) is 1.83. The van der Waals surface area contributed by atoms with E-state index in [1.165, 1.54) is 6.07 Å². The van der Waals surface area contributed by atoms with Gasteiger partial charge in [0.2, 0.25) is 0 Å². The molecule has 0 aliphatic carbocycles. The SMILES string of the molecule is Cc1ccccc1N(c1ccc(Cl)cc1Cl)S(=O)[O-]. The highest BCUT2D eigenvalue weighted by molar-refractivity contribution is 7.81. The Labute approximate surface area is 124 Å². The van der Waals surface area contributed by atoms with Crippen LogP contribution in [0.4, 0.5) is 11.4 Å². The third-order valence-electron chi connectivity index (χ3n) is 2.61. The molecule has 0 amide bonds. The summed E-state index contributed by atoms with van der Waals surface area (Å²) in [7, 11) is 0. The molecule has 0 aliphatic rings. The number of hydrogen-bond donors (Lipinski definition) is 0. The smallest absolute Gasteiger partial charge is 0.0725 e. The number of para-hydroxylation sites is 1. The van der Waals surface area contributed by atoms with Crippen LogP contribution in [0.3, 0.4) is 0 Å². The van der Waals surface area contributed by atoms with Crippen molar-refractivity contribution < 1.29 is 8.76 Å². The van der Waals surface area contributed by atoms with Gasteiger partial charge in [-0.15, -0.1) is 0 Å². The highest BCUT2D eigenvalue weighted by Gasteiger charge is 2.15. The molecule has 0 aliphatic heterocycles. The first kappa shape index (κ1) is 14.3. The predicted molar refractivity (Wildman–Crippen MR) is 78.7 cm³/mol. The van der Waals surface area contributed by atoms with Crippen molar-refractivity contribution in [2.45, 2.75) is 6.92 Å². The number of benzene rings is 2. The van der Waals surface area contributed by atoms with E-state index in [2.05, 4.69) is 0 Å². The Morgan fingerprint density at radius 1 is 1.11 bits per heavy atom. The molecule has 0 fully saturated rings. The minimum Gasteiger partial charge on any atom is -0.755 e. The summed E-state index contributed by atoms with van der Waals surface area (Å²) >= 11 is 9.42. The number of anilines is 2. The van der Waals surface area contributed by atoms with Gasteiger partial charge in [-0.1, -0.05) is 41.4 Å². The van der Waals surface area contributed by atoms with E-state index in [-0.39, 0.29) is 5.02 Å². The molecule has 100 valence electrons. The molecule has 0 heterocycles. The quantitative estimate of drug-likeness (QED) is 0.795. The molecule has 0 N–H and O–H groups in total. The number of rotatable bonds is 3. The number of halogens is 2. The maximum atomic E-state index is 11.5. The second-order valence-electron chi connectivity index (χ2n) is 3.89. The minimum atomic E-state index is -2.48. The molecule has 1 unspecified atom stereocenters. The summed E-state index contributed by atoms with van der Waals surface area (Å²) in [5.74, 6) is 0. The first-order valence-corrected chi connectivity index (χ1v) is 7.19. The van der Waals surface area contributed by atoms with Crippen molar-refractivity contribution in [1.82, 2.24) is 0 Å². The Kier molecular flexibility index (Phi) is 4.47. The summed E-state index contributed by atoms with van der Waals surface area (Å²) in [6, 6.07) is 11.8. The van der Waals surface area contributed by atoms with Gasteiger partial charge in [-0.05, 0) is 36.8 Å². The summed E-state index contributed by atoms with van der Waals surface area (Å²) in [6.07, 6.45) is 0. The topological polar surface area (TPSA) is 43.4 Å². The highest BCUT2D eigenvalue weighted by atomic mass is 35.5. The van der Waals surface area contributed by atoms with Gasteiger partial charge in [0.25, 0.3) is 0 Å². The standard InChI is InChI=1S/C13H11Cl2NO2S/c1-9-4-2-3-5-12(9)16(19(17)18)13-7-6-10(14)8-11(13)15/h2-8H,1H3,(H,17,18)/p-1. The fourth-order valence-electron chi connectivity index (χ4n) is 1.73. The van der Waals surface area contributed by atoms with Crippen LogP contribution >= 0.6 is 23.2 Å². The Hall–Kier alpha value is -1.07. The zero-order chi connectivity index (χ0) is 14.0. The van der Waals surface area contributed by atoms with Crippen LogP contribution in [-0.2, 0) is 11.3 Å². The van der Waals surface area contributed by atoms with Crippen LogP contribution in [0.1, 0.15) is 5.56 Å². The molecule has 2 aromatic rings. The molecule has 6 heteroatoms. The van der Waals surface area contributed by atoms with E-state index in [1.54, 1.807) is 24.3 Å². The summed E-state index contributed by atoms with van der Waals surface area (Å²) in [4.78, 5) is 0. The molecule has 0 bridgehead atoms. The Bertz CT molecular complexity index is 634. The van der Waals surface area contributed by atoms with Gasteiger partial charge >= 0.3 is 0 Å². The monoisotopic (exact) mass is 314 g/mol. The van der Waals surface area contributed by atoms with Gasteiger partial charge in [-0.3, -0.25) is 8.51 Å². The lowest BCUT2D eigenvalue weighted by Gasteiger charge is -2.28. The van der Waals surface area contributed by atoms with Gasteiger partial charge < -0.3 is 4.55 Å². The van der Waals surface area contributed by atoms with E-state index < -0.39 is 11.3 Å². The average molecular weight is 315 g/mol. The van der Waals surface area contributed by atoms with Crippen LogP contribution in [0, 0.1) is 6.92 Å². The molecular weight excluding hydrogens is 305 g/mol. The predicted octanol–water partition coefficient (Wildman–Crippen LogP) is 4.23. The van der Waals surface area contributed by atoms with E-state index in [1.807, 2.05) is 19.1 Å². The molecule has 3 nitrogen and oxygen atoms in total. The number of nitrogens with zero attached hydrogens (tertiary/aromatic N) is 1. The zero-order valence-corrected chi connectivity index (χ0v) is 12.3. The Balaban J connectivity index is 2.59. The molecule has 0 saturated carbocycles. The summed E-state index contributed by atoms with van der Waals surface area (Å²) < 4.78 is 24.2. The van der Waals surface area contributed by atoms with Crippen molar-refractivity contribution in [3.63, 3.8) is 0 Å². The van der Waals surface area contributed by atoms with Crippen LogP contribution in [0.5, 0.6) is 0 Å². The van der Waals surface area contributed by atoms with Crippen LogP contribution in [0.15, 0.2) is 42.5 Å². The number of hydrogen-bond acceptors (Lipinski definition) is 2. The normalized spacial score (nSPS) is 12.2. The molecular formula is C13H10Cl2NO2S-. The molecule has 1 atom stereocenters. The molecule has 19 heavy (non-hydrogen) atoms. The van der Waals surface area contributed by atoms with Gasteiger partial charge in [-0.25, -0.2) is 0 Å². The van der Waals surface area contributed by atoms with Gasteiger partial charge in [0.15, 0.2) is 0 Å². The van der Waals surface area contributed by atoms with E-state index in [4.69, 9.17) is 23.2 Å². The number of aryl methyl sites for hydroxylation is 1. The van der Waals surface area contributed by atoms with Crippen molar-refractivity contribution in [3.8, 4) is 0 Å². The largest absolute Gasteiger partial charge is 0.755 e. The highest BCUT2D eigenvalue weighted by Crippen LogP contribution is 2.35. The molecule has 0 spiro atoms. The molecule has 2 rings (SSSR count). The second-order valence-corrected chi connectivity index (χ2v) is 5.54. The summed E-state index contributed by atoms with van der Waals surface area (Å²) in [5.41, 5.74) is 1.76. The van der Waals surface area contributed by atoms with E-state index >= 15 is 0 Å². The lowest BCUT2D eigenvalue weighted by atomic mass is 10.2. The summed E-state index contributed by atoms with van der Waals surface area (Å²) in [5, 5.41) is 0.732. The average Bonchev–Trinajstić information content (AvgIpc) is 2.34. The van der Waals surface area contributed by atoms with Gasteiger partial charge in [0.1, 0.15) is 0 Å². The van der Waals surface area contributed by atoms with E-state index in [0.29, 0.717) is 16.4 Å². The maximum absolute atomic E-state index is 11.5. The van der Waals surface area contributed by atoms with Gasteiger partial charge in [0.05, 0.1) is 27.7 Å². The maximum Gasteiger partial charge on any atom is 0.0725 e. The van der Waals surface area contributed by atoms with Crippen molar-refractivity contribution >= 4 is 45.8 Å².